The summed E-state index contributed by atoms with van der Waals surface area (Å²) in [6.07, 6.45) is 3.26. The Balaban J connectivity index is 2.00. The van der Waals surface area contributed by atoms with Gasteiger partial charge in [0, 0.05) is 30.7 Å². The third-order valence-corrected chi connectivity index (χ3v) is 3.92. The van der Waals surface area contributed by atoms with Gasteiger partial charge in [0.2, 0.25) is 0 Å². The summed E-state index contributed by atoms with van der Waals surface area (Å²) in [4.78, 5) is 18.9. The van der Waals surface area contributed by atoms with Crippen LogP contribution in [0.3, 0.4) is 0 Å². The van der Waals surface area contributed by atoms with Gasteiger partial charge in [0.15, 0.2) is 0 Å². The van der Waals surface area contributed by atoms with Crippen LogP contribution in [0.4, 0.5) is 5.69 Å². The van der Waals surface area contributed by atoms with E-state index >= 15 is 0 Å². The van der Waals surface area contributed by atoms with Crippen LogP contribution in [-0.2, 0) is 0 Å². The first kappa shape index (κ1) is 13.9. The van der Waals surface area contributed by atoms with Crippen LogP contribution >= 0.6 is 0 Å². The lowest BCUT2D eigenvalue weighted by Crippen LogP contribution is -2.29. The lowest BCUT2D eigenvalue weighted by Gasteiger charge is -2.17. The Kier molecular flexibility index (Phi) is 3.78. The summed E-state index contributed by atoms with van der Waals surface area (Å²) in [5.41, 5.74) is 2.39. The zero-order valence-electron chi connectivity index (χ0n) is 12.6. The number of hydrogen-bond acceptors (Lipinski definition) is 3. The Bertz CT molecular complexity index is 664. The van der Waals surface area contributed by atoms with Crippen molar-refractivity contribution in [2.75, 3.05) is 18.9 Å². The fraction of sp³-hybridized carbons (Fsp3) is 0.412. The van der Waals surface area contributed by atoms with Crippen LogP contribution < -0.4 is 5.32 Å². The van der Waals surface area contributed by atoms with Crippen molar-refractivity contribution in [3.8, 4) is 0 Å². The van der Waals surface area contributed by atoms with Crippen molar-refractivity contribution in [3.63, 3.8) is 0 Å². The molecule has 0 bridgehead atoms. The topological polar surface area (TPSA) is 45.2 Å². The molecule has 0 saturated heterocycles. The van der Waals surface area contributed by atoms with Gasteiger partial charge in [-0.05, 0) is 31.4 Å². The van der Waals surface area contributed by atoms with E-state index in [1.54, 1.807) is 0 Å². The largest absolute Gasteiger partial charge is 0.384 e. The molecule has 0 unspecified atom stereocenters. The molecule has 1 aliphatic rings. The number of carbonyl (C=O) groups is 1. The minimum atomic E-state index is 0.0165. The third kappa shape index (κ3) is 2.84. The number of fused-ring (bicyclic) bond motifs is 1. The zero-order valence-corrected chi connectivity index (χ0v) is 12.6. The van der Waals surface area contributed by atoms with E-state index in [4.69, 9.17) is 0 Å². The normalized spacial score (nSPS) is 14.2. The quantitative estimate of drug-likeness (QED) is 0.916. The molecule has 1 aliphatic carbocycles. The van der Waals surface area contributed by atoms with E-state index in [1.807, 2.05) is 42.3 Å². The van der Waals surface area contributed by atoms with Gasteiger partial charge < -0.3 is 10.2 Å². The van der Waals surface area contributed by atoms with Crippen molar-refractivity contribution in [1.29, 1.82) is 0 Å². The molecule has 110 valence electrons. The molecule has 1 aromatic carbocycles. The summed E-state index contributed by atoms with van der Waals surface area (Å²) < 4.78 is 0. The number of rotatable bonds is 5. The fourth-order valence-corrected chi connectivity index (χ4v) is 2.50. The fourth-order valence-electron chi connectivity index (χ4n) is 2.50. The van der Waals surface area contributed by atoms with Crippen LogP contribution in [-0.4, -0.2) is 35.4 Å². The maximum absolute atomic E-state index is 12.5. The summed E-state index contributed by atoms with van der Waals surface area (Å²) in [6.45, 7) is 3.02. The van der Waals surface area contributed by atoms with Gasteiger partial charge >= 0.3 is 0 Å². The van der Waals surface area contributed by atoms with Gasteiger partial charge in [0.25, 0.3) is 5.91 Å². The zero-order chi connectivity index (χ0) is 14.8. The van der Waals surface area contributed by atoms with E-state index in [1.165, 1.54) is 0 Å². The molecule has 1 N–H and O–H groups in total. The van der Waals surface area contributed by atoms with Crippen molar-refractivity contribution in [2.24, 2.45) is 0 Å². The molecule has 3 rings (SSSR count). The molecule has 4 nitrogen and oxygen atoms in total. The SMILES string of the molecule is CCCNc1cc(C(=O)N(C)C2CC2)nc2ccccc12. The standard InChI is InChI=1S/C17H21N3O/c1-3-10-18-15-11-16(17(21)20(2)12-8-9-12)19-14-7-5-4-6-13(14)15/h4-7,11-12H,3,8-10H2,1-2H3,(H,18,19). The second-order valence-electron chi connectivity index (χ2n) is 5.65. The molecule has 4 heteroatoms. The predicted molar refractivity (Wildman–Crippen MR) is 85.6 cm³/mol. The summed E-state index contributed by atoms with van der Waals surface area (Å²) in [5, 5.41) is 4.47. The lowest BCUT2D eigenvalue weighted by molar-refractivity contribution is 0.0780. The molecular formula is C17H21N3O. The number of anilines is 1. The Morgan fingerprint density at radius 2 is 2.14 bits per heavy atom. The minimum Gasteiger partial charge on any atom is -0.384 e. The lowest BCUT2D eigenvalue weighted by atomic mass is 10.1. The van der Waals surface area contributed by atoms with Crippen LogP contribution in [0.25, 0.3) is 10.9 Å². The average Bonchev–Trinajstić information content (AvgIpc) is 3.35. The van der Waals surface area contributed by atoms with E-state index in [2.05, 4.69) is 17.2 Å². The van der Waals surface area contributed by atoms with Gasteiger partial charge in [-0.3, -0.25) is 4.79 Å². The molecule has 0 spiro atoms. The van der Waals surface area contributed by atoms with E-state index in [0.29, 0.717) is 11.7 Å². The number of hydrogen-bond donors (Lipinski definition) is 1. The Labute approximate surface area is 125 Å². The van der Waals surface area contributed by atoms with Gasteiger partial charge in [-0.1, -0.05) is 25.1 Å². The third-order valence-electron chi connectivity index (χ3n) is 3.92. The van der Waals surface area contributed by atoms with Gasteiger partial charge in [0.05, 0.1) is 5.52 Å². The minimum absolute atomic E-state index is 0.0165. The van der Waals surface area contributed by atoms with E-state index in [0.717, 1.165) is 42.4 Å². The van der Waals surface area contributed by atoms with Crippen molar-refractivity contribution < 1.29 is 4.79 Å². The monoisotopic (exact) mass is 283 g/mol. The van der Waals surface area contributed by atoms with E-state index < -0.39 is 0 Å². The van der Waals surface area contributed by atoms with Crippen LogP contribution in [0, 0.1) is 0 Å². The molecule has 1 aromatic heterocycles. The Morgan fingerprint density at radius 1 is 1.38 bits per heavy atom. The van der Waals surface area contributed by atoms with E-state index in [9.17, 15) is 4.79 Å². The first-order valence-electron chi connectivity index (χ1n) is 7.61. The number of amides is 1. The van der Waals surface area contributed by atoms with Crippen molar-refractivity contribution >= 4 is 22.5 Å². The molecule has 1 heterocycles. The highest BCUT2D eigenvalue weighted by Crippen LogP contribution is 2.28. The van der Waals surface area contributed by atoms with Crippen molar-refractivity contribution in [2.45, 2.75) is 32.2 Å². The number of nitrogens with one attached hydrogen (secondary N) is 1. The second-order valence-corrected chi connectivity index (χ2v) is 5.65. The number of pyridine rings is 1. The molecule has 1 fully saturated rings. The predicted octanol–water partition coefficient (Wildman–Crippen LogP) is 3.29. The molecule has 1 amide bonds. The second kappa shape index (κ2) is 5.72. The maximum atomic E-state index is 12.5. The molecule has 21 heavy (non-hydrogen) atoms. The van der Waals surface area contributed by atoms with Crippen LogP contribution in [0.15, 0.2) is 30.3 Å². The summed E-state index contributed by atoms with van der Waals surface area (Å²) in [6, 6.07) is 10.2. The summed E-state index contributed by atoms with van der Waals surface area (Å²) >= 11 is 0. The van der Waals surface area contributed by atoms with Gasteiger partial charge in [-0.2, -0.15) is 0 Å². The highest BCUT2D eigenvalue weighted by Gasteiger charge is 2.30. The van der Waals surface area contributed by atoms with Gasteiger partial charge in [0.1, 0.15) is 5.69 Å². The highest BCUT2D eigenvalue weighted by molar-refractivity contribution is 5.99. The first-order chi connectivity index (χ1) is 10.2. The smallest absolute Gasteiger partial charge is 0.272 e. The van der Waals surface area contributed by atoms with Crippen LogP contribution in [0.1, 0.15) is 36.7 Å². The average molecular weight is 283 g/mol. The molecule has 2 aromatic rings. The molecule has 1 saturated carbocycles. The van der Waals surface area contributed by atoms with Gasteiger partial charge in [-0.15, -0.1) is 0 Å². The maximum Gasteiger partial charge on any atom is 0.272 e. The molecule has 0 radical (unpaired) electrons. The number of benzene rings is 1. The van der Waals surface area contributed by atoms with E-state index in [-0.39, 0.29) is 5.91 Å². The molecule has 0 aliphatic heterocycles. The molecule has 0 atom stereocenters. The van der Waals surface area contributed by atoms with Crippen LogP contribution in [0.2, 0.25) is 0 Å². The number of carbonyl (C=O) groups excluding carboxylic acids is 1. The summed E-state index contributed by atoms with van der Waals surface area (Å²) in [5.74, 6) is 0.0165. The first-order valence-corrected chi connectivity index (χ1v) is 7.61. The summed E-state index contributed by atoms with van der Waals surface area (Å²) in [7, 11) is 1.87. The van der Waals surface area contributed by atoms with Crippen LogP contribution in [0.5, 0.6) is 0 Å². The molecular weight excluding hydrogens is 262 g/mol. The Hall–Kier alpha value is -2.10. The van der Waals surface area contributed by atoms with Crippen molar-refractivity contribution in [1.82, 2.24) is 9.88 Å². The number of para-hydroxylation sites is 1. The van der Waals surface area contributed by atoms with Crippen molar-refractivity contribution in [3.05, 3.63) is 36.0 Å². The number of nitrogens with zero attached hydrogens (tertiary/aromatic N) is 2. The Morgan fingerprint density at radius 3 is 2.86 bits per heavy atom. The number of aromatic nitrogens is 1. The highest BCUT2D eigenvalue weighted by atomic mass is 16.2. The van der Waals surface area contributed by atoms with Gasteiger partial charge in [-0.25, -0.2) is 4.98 Å².